The Labute approximate surface area is 121 Å². The van der Waals surface area contributed by atoms with Gasteiger partial charge in [-0.1, -0.05) is 12.1 Å². The summed E-state index contributed by atoms with van der Waals surface area (Å²) in [6.45, 7) is 0.483. The lowest BCUT2D eigenvalue weighted by Gasteiger charge is -2.09. The maximum atomic E-state index is 10.8. The Kier molecular flexibility index (Phi) is 4.33. The van der Waals surface area contributed by atoms with Gasteiger partial charge in [0.2, 0.25) is 0 Å². The van der Waals surface area contributed by atoms with Crippen molar-refractivity contribution in [3.8, 4) is 6.07 Å². The molecule has 7 nitrogen and oxygen atoms in total. The summed E-state index contributed by atoms with van der Waals surface area (Å²) in [7, 11) is 0. The van der Waals surface area contributed by atoms with Crippen molar-refractivity contribution in [2.45, 2.75) is 6.54 Å². The molecular formula is C14H13N5O2. The third kappa shape index (κ3) is 3.68. The van der Waals surface area contributed by atoms with E-state index < -0.39 is 4.92 Å². The van der Waals surface area contributed by atoms with E-state index in [0.29, 0.717) is 23.5 Å². The Hall–Kier alpha value is -3.11. The fourth-order valence-corrected chi connectivity index (χ4v) is 1.80. The SMILES string of the molecule is N#Cc1ccc(CNc2cc(NN)cc([N+](=O)[O-])c2)cc1. The van der Waals surface area contributed by atoms with Gasteiger partial charge in [-0.3, -0.25) is 16.0 Å². The molecular weight excluding hydrogens is 270 g/mol. The molecule has 106 valence electrons. The van der Waals surface area contributed by atoms with Gasteiger partial charge in [-0.05, 0) is 23.8 Å². The molecule has 2 aromatic carbocycles. The number of hydrogen-bond acceptors (Lipinski definition) is 6. The van der Waals surface area contributed by atoms with Gasteiger partial charge in [-0.15, -0.1) is 0 Å². The van der Waals surface area contributed by atoms with Crippen LogP contribution in [-0.4, -0.2) is 4.92 Å². The zero-order valence-electron chi connectivity index (χ0n) is 11.0. The van der Waals surface area contributed by atoms with Crippen molar-refractivity contribution < 1.29 is 4.92 Å². The highest BCUT2D eigenvalue weighted by Crippen LogP contribution is 2.24. The van der Waals surface area contributed by atoms with Gasteiger partial charge in [0, 0.05) is 24.4 Å². The summed E-state index contributed by atoms with van der Waals surface area (Å²) in [6, 6.07) is 13.6. The molecule has 0 saturated heterocycles. The van der Waals surface area contributed by atoms with Crippen LogP contribution in [0, 0.1) is 21.4 Å². The van der Waals surface area contributed by atoms with E-state index in [1.165, 1.54) is 12.1 Å². The van der Waals surface area contributed by atoms with Gasteiger partial charge in [-0.25, -0.2) is 0 Å². The van der Waals surface area contributed by atoms with Crippen molar-refractivity contribution in [1.82, 2.24) is 0 Å². The third-order valence-corrected chi connectivity index (χ3v) is 2.87. The molecule has 0 saturated carbocycles. The summed E-state index contributed by atoms with van der Waals surface area (Å²) in [4.78, 5) is 10.4. The Morgan fingerprint density at radius 3 is 2.43 bits per heavy atom. The molecule has 0 amide bonds. The van der Waals surface area contributed by atoms with Crippen LogP contribution in [0.25, 0.3) is 0 Å². The number of nitrogens with zero attached hydrogens (tertiary/aromatic N) is 2. The Morgan fingerprint density at radius 1 is 1.19 bits per heavy atom. The lowest BCUT2D eigenvalue weighted by molar-refractivity contribution is -0.384. The fraction of sp³-hybridized carbons (Fsp3) is 0.0714. The molecule has 7 heteroatoms. The quantitative estimate of drug-likeness (QED) is 0.440. The zero-order chi connectivity index (χ0) is 15.2. The predicted octanol–water partition coefficient (Wildman–Crippen LogP) is 2.36. The number of nitriles is 1. The second-order valence-electron chi connectivity index (χ2n) is 4.33. The number of rotatable bonds is 5. The summed E-state index contributed by atoms with van der Waals surface area (Å²) in [5.41, 5.74) is 4.93. The topological polar surface area (TPSA) is 117 Å². The van der Waals surface area contributed by atoms with Crippen LogP contribution >= 0.6 is 0 Å². The molecule has 0 aromatic heterocycles. The zero-order valence-corrected chi connectivity index (χ0v) is 11.0. The van der Waals surface area contributed by atoms with Crippen molar-refractivity contribution >= 4 is 17.1 Å². The van der Waals surface area contributed by atoms with Crippen LogP contribution in [0.5, 0.6) is 0 Å². The highest BCUT2D eigenvalue weighted by molar-refractivity contribution is 5.63. The minimum Gasteiger partial charge on any atom is -0.381 e. The maximum absolute atomic E-state index is 10.8. The van der Waals surface area contributed by atoms with Crippen molar-refractivity contribution in [3.05, 3.63) is 63.7 Å². The summed E-state index contributed by atoms with van der Waals surface area (Å²) < 4.78 is 0. The number of anilines is 2. The molecule has 4 N–H and O–H groups in total. The average molecular weight is 283 g/mol. The van der Waals surface area contributed by atoms with Crippen LogP contribution in [0.1, 0.15) is 11.1 Å². The van der Waals surface area contributed by atoms with E-state index in [9.17, 15) is 10.1 Å². The van der Waals surface area contributed by atoms with Crippen molar-refractivity contribution in [1.29, 1.82) is 5.26 Å². The standard InChI is InChI=1S/C14H13N5O2/c15-8-10-1-3-11(4-2-10)9-17-12-5-13(18-16)7-14(6-12)19(20)21/h1-7,17-18H,9,16H2. The number of hydrazine groups is 1. The first-order valence-electron chi connectivity index (χ1n) is 6.11. The maximum Gasteiger partial charge on any atom is 0.273 e. The molecule has 0 radical (unpaired) electrons. The first-order valence-corrected chi connectivity index (χ1v) is 6.11. The number of nitro benzene ring substituents is 1. The molecule has 0 atom stereocenters. The van der Waals surface area contributed by atoms with E-state index in [1.54, 1.807) is 18.2 Å². The minimum atomic E-state index is -0.478. The van der Waals surface area contributed by atoms with E-state index in [-0.39, 0.29) is 5.69 Å². The third-order valence-electron chi connectivity index (χ3n) is 2.87. The van der Waals surface area contributed by atoms with Gasteiger partial charge in [0.25, 0.3) is 5.69 Å². The number of hydrogen-bond donors (Lipinski definition) is 3. The van der Waals surface area contributed by atoms with E-state index in [4.69, 9.17) is 11.1 Å². The summed E-state index contributed by atoms with van der Waals surface area (Å²) >= 11 is 0. The Balaban J connectivity index is 2.13. The van der Waals surface area contributed by atoms with Crippen LogP contribution in [0.2, 0.25) is 0 Å². The molecule has 0 fully saturated rings. The molecule has 0 aliphatic rings. The van der Waals surface area contributed by atoms with Crippen LogP contribution in [0.15, 0.2) is 42.5 Å². The molecule has 0 aliphatic heterocycles. The van der Waals surface area contributed by atoms with Crippen molar-refractivity contribution in [3.63, 3.8) is 0 Å². The average Bonchev–Trinajstić information content (AvgIpc) is 2.53. The number of nitrogens with one attached hydrogen (secondary N) is 2. The number of benzene rings is 2. The highest BCUT2D eigenvalue weighted by Gasteiger charge is 2.09. The molecule has 0 spiro atoms. The summed E-state index contributed by atoms with van der Waals surface area (Å²) in [6.07, 6.45) is 0. The number of nitro groups is 1. The first kappa shape index (κ1) is 14.3. The summed E-state index contributed by atoms with van der Waals surface area (Å²) in [5.74, 6) is 5.30. The van der Waals surface area contributed by atoms with Gasteiger partial charge in [0.1, 0.15) is 0 Å². The lowest BCUT2D eigenvalue weighted by Crippen LogP contribution is -2.08. The van der Waals surface area contributed by atoms with Gasteiger partial charge >= 0.3 is 0 Å². The number of non-ortho nitro benzene ring substituents is 1. The Morgan fingerprint density at radius 2 is 1.86 bits per heavy atom. The van der Waals surface area contributed by atoms with Crippen molar-refractivity contribution in [2.75, 3.05) is 10.7 Å². The van der Waals surface area contributed by atoms with E-state index >= 15 is 0 Å². The minimum absolute atomic E-state index is 0.0484. The fourth-order valence-electron chi connectivity index (χ4n) is 1.80. The molecule has 0 unspecified atom stereocenters. The number of nitrogens with two attached hydrogens (primary N) is 1. The summed E-state index contributed by atoms with van der Waals surface area (Å²) in [5, 5.41) is 22.7. The highest BCUT2D eigenvalue weighted by atomic mass is 16.6. The van der Waals surface area contributed by atoms with E-state index in [0.717, 1.165) is 5.56 Å². The van der Waals surface area contributed by atoms with Crippen LogP contribution in [-0.2, 0) is 6.54 Å². The largest absolute Gasteiger partial charge is 0.381 e. The van der Waals surface area contributed by atoms with E-state index in [2.05, 4.69) is 10.7 Å². The van der Waals surface area contributed by atoms with Gasteiger partial charge in [0.15, 0.2) is 0 Å². The van der Waals surface area contributed by atoms with Crippen LogP contribution in [0.4, 0.5) is 17.1 Å². The van der Waals surface area contributed by atoms with Crippen LogP contribution in [0.3, 0.4) is 0 Å². The second kappa shape index (κ2) is 6.36. The molecule has 0 heterocycles. The number of nitrogen functional groups attached to an aromatic ring is 1. The molecule has 0 bridgehead atoms. The first-order chi connectivity index (χ1) is 10.1. The normalized spacial score (nSPS) is 9.71. The Bertz CT molecular complexity index is 692. The molecule has 2 aromatic rings. The molecule has 21 heavy (non-hydrogen) atoms. The lowest BCUT2D eigenvalue weighted by atomic mass is 10.1. The molecule has 2 rings (SSSR count). The van der Waals surface area contributed by atoms with E-state index in [1.807, 2.05) is 18.2 Å². The molecule has 0 aliphatic carbocycles. The predicted molar refractivity (Wildman–Crippen MR) is 79.4 cm³/mol. The van der Waals surface area contributed by atoms with Gasteiger partial charge < -0.3 is 10.7 Å². The van der Waals surface area contributed by atoms with Gasteiger partial charge in [-0.2, -0.15) is 5.26 Å². The van der Waals surface area contributed by atoms with Crippen molar-refractivity contribution in [2.24, 2.45) is 5.84 Å². The van der Waals surface area contributed by atoms with Crippen LogP contribution < -0.4 is 16.6 Å². The second-order valence-corrected chi connectivity index (χ2v) is 4.33. The smallest absolute Gasteiger partial charge is 0.273 e. The van der Waals surface area contributed by atoms with Gasteiger partial charge in [0.05, 0.1) is 22.2 Å². The monoisotopic (exact) mass is 283 g/mol.